The highest BCUT2D eigenvalue weighted by Gasteiger charge is 2.33. The molecule has 0 aliphatic heterocycles. The highest BCUT2D eigenvalue weighted by molar-refractivity contribution is 5.89. The molecule has 0 aromatic heterocycles. The molecule has 3 aromatic carbocycles. The molecular weight excluding hydrogens is 431 g/mol. The normalized spacial score (nSPS) is 14.5. The molecule has 0 aliphatic carbocycles. The number of carbonyl (C=O) groups excluding carboxylic acids is 1. The standard InChI is InChI=1S/C24H19F5O3/c1-14(21(30)15-2-8-18(9-3-15)24(27,28)29)22(16-4-10-19(25)11-5-16)32-23(31)17-6-12-20(26)13-7-17/h2-14,21-22,30H,1H3/t14-,21-,22-/m0/s1. The van der Waals surface area contributed by atoms with Gasteiger partial charge in [0.15, 0.2) is 0 Å². The Morgan fingerprint density at radius 3 is 1.78 bits per heavy atom. The smallest absolute Gasteiger partial charge is 0.416 e. The van der Waals surface area contributed by atoms with Gasteiger partial charge in [-0.3, -0.25) is 0 Å². The summed E-state index contributed by atoms with van der Waals surface area (Å²) in [5.74, 6) is -2.68. The Morgan fingerprint density at radius 2 is 1.28 bits per heavy atom. The van der Waals surface area contributed by atoms with Crippen LogP contribution in [0, 0.1) is 17.6 Å². The van der Waals surface area contributed by atoms with Crippen molar-refractivity contribution in [2.45, 2.75) is 25.3 Å². The molecule has 1 N–H and O–H groups in total. The Balaban J connectivity index is 1.88. The molecule has 0 amide bonds. The Hall–Kier alpha value is -3.26. The summed E-state index contributed by atoms with van der Waals surface area (Å²) in [6, 6.07) is 13.7. The van der Waals surface area contributed by atoms with E-state index in [1.54, 1.807) is 6.92 Å². The maximum Gasteiger partial charge on any atom is 0.416 e. The second-order valence-corrected chi connectivity index (χ2v) is 7.31. The summed E-state index contributed by atoms with van der Waals surface area (Å²) < 4.78 is 70.5. The van der Waals surface area contributed by atoms with Gasteiger partial charge in [0.2, 0.25) is 0 Å². The average molecular weight is 450 g/mol. The van der Waals surface area contributed by atoms with Crippen molar-refractivity contribution in [1.29, 1.82) is 0 Å². The number of ether oxygens (including phenoxy) is 1. The molecule has 0 heterocycles. The number of halogens is 5. The van der Waals surface area contributed by atoms with Crippen LogP contribution in [-0.2, 0) is 10.9 Å². The molecule has 0 fully saturated rings. The van der Waals surface area contributed by atoms with E-state index in [2.05, 4.69) is 0 Å². The lowest BCUT2D eigenvalue weighted by Gasteiger charge is -2.29. The summed E-state index contributed by atoms with van der Waals surface area (Å²) >= 11 is 0. The van der Waals surface area contributed by atoms with Crippen LogP contribution in [-0.4, -0.2) is 11.1 Å². The number of aliphatic hydroxyl groups excluding tert-OH is 1. The van der Waals surface area contributed by atoms with Crippen LogP contribution in [0.5, 0.6) is 0 Å². The van der Waals surface area contributed by atoms with E-state index in [1.807, 2.05) is 0 Å². The average Bonchev–Trinajstić information content (AvgIpc) is 2.77. The molecule has 3 atom stereocenters. The van der Waals surface area contributed by atoms with Crippen molar-refractivity contribution in [2.24, 2.45) is 5.92 Å². The molecule has 3 rings (SSSR count). The lowest BCUT2D eigenvalue weighted by molar-refractivity contribution is -0.137. The van der Waals surface area contributed by atoms with Crippen LogP contribution in [0.2, 0.25) is 0 Å². The first-order valence-electron chi connectivity index (χ1n) is 9.63. The zero-order valence-corrected chi connectivity index (χ0v) is 16.8. The fourth-order valence-corrected chi connectivity index (χ4v) is 3.24. The highest BCUT2D eigenvalue weighted by atomic mass is 19.4. The van der Waals surface area contributed by atoms with E-state index in [9.17, 15) is 31.9 Å². The third-order valence-electron chi connectivity index (χ3n) is 5.07. The zero-order chi connectivity index (χ0) is 23.5. The van der Waals surface area contributed by atoms with Crippen molar-refractivity contribution in [3.63, 3.8) is 0 Å². The summed E-state index contributed by atoms with van der Waals surface area (Å²) in [7, 11) is 0. The van der Waals surface area contributed by atoms with Gasteiger partial charge in [-0.2, -0.15) is 13.2 Å². The predicted molar refractivity (Wildman–Crippen MR) is 107 cm³/mol. The van der Waals surface area contributed by atoms with Gasteiger partial charge in [0.25, 0.3) is 0 Å². The fourth-order valence-electron chi connectivity index (χ4n) is 3.24. The minimum absolute atomic E-state index is 0.0646. The summed E-state index contributed by atoms with van der Waals surface area (Å²) in [6.45, 7) is 1.55. The van der Waals surface area contributed by atoms with Crippen LogP contribution in [0.25, 0.3) is 0 Å². The molecular formula is C24H19F5O3. The topological polar surface area (TPSA) is 46.5 Å². The van der Waals surface area contributed by atoms with E-state index in [0.29, 0.717) is 5.56 Å². The van der Waals surface area contributed by atoms with Gasteiger partial charge in [0.05, 0.1) is 17.2 Å². The van der Waals surface area contributed by atoms with Gasteiger partial charge in [-0.1, -0.05) is 31.2 Å². The number of hydrogen-bond acceptors (Lipinski definition) is 3. The number of aliphatic hydroxyl groups is 1. The fraction of sp³-hybridized carbons (Fsp3) is 0.208. The first kappa shape index (κ1) is 23.4. The van der Waals surface area contributed by atoms with E-state index >= 15 is 0 Å². The van der Waals surface area contributed by atoms with E-state index in [0.717, 1.165) is 48.5 Å². The van der Waals surface area contributed by atoms with E-state index < -0.39 is 47.5 Å². The van der Waals surface area contributed by atoms with E-state index in [1.165, 1.54) is 24.3 Å². The van der Waals surface area contributed by atoms with Crippen LogP contribution >= 0.6 is 0 Å². The molecule has 168 valence electrons. The van der Waals surface area contributed by atoms with E-state index in [-0.39, 0.29) is 11.1 Å². The second-order valence-electron chi connectivity index (χ2n) is 7.31. The number of alkyl halides is 3. The number of hydrogen-bond donors (Lipinski definition) is 1. The minimum Gasteiger partial charge on any atom is -0.453 e. The van der Waals surface area contributed by atoms with Crippen molar-refractivity contribution < 1.29 is 36.6 Å². The molecule has 0 spiro atoms. The Kier molecular flexibility index (Phi) is 6.93. The van der Waals surface area contributed by atoms with Crippen LogP contribution in [0.3, 0.4) is 0 Å². The van der Waals surface area contributed by atoms with Crippen LogP contribution in [0.15, 0.2) is 72.8 Å². The minimum atomic E-state index is -4.52. The molecule has 32 heavy (non-hydrogen) atoms. The van der Waals surface area contributed by atoms with Crippen LogP contribution in [0.1, 0.15) is 46.2 Å². The molecule has 0 radical (unpaired) electrons. The van der Waals surface area contributed by atoms with Crippen molar-refractivity contribution >= 4 is 5.97 Å². The second kappa shape index (κ2) is 9.48. The van der Waals surface area contributed by atoms with Gasteiger partial charge >= 0.3 is 12.1 Å². The van der Waals surface area contributed by atoms with Crippen LogP contribution in [0.4, 0.5) is 22.0 Å². The van der Waals surface area contributed by atoms with Crippen molar-refractivity contribution in [1.82, 2.24) is 0 Å². The van der Waals surface area contributed by atoms with Gasteiger partial charge in [0, 0.05) is 5.92 Å². The maximum absolute atomic E-state index is 13.4. The number of carbonyl (C=O) groups is 1. The van der Waals surface area contributed by atoms with Gasteiger partial charge in [-0.25, -0.2) is 13.6 Å². The van der Waals surface area contributed by atoms with Crippen molar-refractivity contribution in [3.05, 3.63) is 107 Å². The lowest BCUT2D eigenvalue weighted by atomic mass is 9.88. The van der Waals surface area contributed by atoms with Gasteiger partial charge < -0.3 is 9.84 Å². The largest absolute Gasteiger partial charge is 0.453 e. The van der Waals surface area contributed by atoms with Crippen molar-refractivity contribution in [2.75, 3.05) is 0 Å². The molecule has 0 saturated heterocycles. The monoisotopic (exact) mass is 450 g/mol. The molecule has 0 saturated carbocycles. The number of benzene rings is 3. The van der Waals surface area contributed by atoms with Crippen molar-refractivity contribution in [3.8, 4) is 0 Å². The molecule has 0 unspecified atom stereocenters. The SMILES string of the molecule is C[C@@H]([C@H](O)c1ccc(C(F)(F)F)cc1)[C@H](OC(=O)c1ccc(F)cc1)c1ccc(F)cc1. The Labute approximate surface area is 181 Å². The van der Waals surface area contributed by atoms with Gasteiger partial charge in [0.1, 0.15) is 17.7 Å². The first-order chi connectivity index (χ1) is 15.1. The third-order valence-corrected chi connectivity index (χ3v) is 5.07. The molecule has 3 nitrogen and oxygen atoms in total. The predicted octanol–water partition coefficient (Wildman–Crippen LogP) is 6.25. The van der Waals surface area contributed by atoms with E-state index in [4.69, 9.17) is 4.74 Å². The lowest BCUT2D eigenvalue weighted by Crippen LogP contribution is -2.23. The molecule has 0 bridgehead atoms. The molecule has 3 aromatic rings. The number of esters is 1. The molecule has 0 aliphatic rings. The quantitative estimate of drug-likeness (QED) is 0.357. The first-order valence-corrected chi connectivity index (χ1v) is 9.63. The van der Waals surface area contributed by atoms with Gasteiger partial charge in [-0.05, 0) is 59.7 Å². The summed E-state index contributed by atoms with van der Waals surface area (Å²) in [6.07, 6.45) is -6.88. The number of rotatable bonds is 6. The summed E-state index contributed by atoms with van der Waals surface area (Å²) in [5.41, 5.74) is -0.232. The zero-order valence-electron chi connectivity index (χ0n) is 16.8. The Bertz CT molecular complexity index is 1040. The summed E-state index contributed by atoms with van der Waals surface area (Å²) in [4.78, 5) is 12.6. The van der Waals surface area contributed by atoms with Crippen LogP contribution < -0.4 is 0 Å². The highest BCUT2D eigenvalue weighted by Crippen LogP contribution is 2.37. The van der Waals surface area contributed by atoms with Gasteiger partial charge in [-0.15, -0.1) is 0 Å². The third kappa shape index (κ3) is 5.50. The molecule has 8 heteroatoms. The maximum atomic E-state index is 13.4. The summed E-state index contributed by atoms with van der Waals surface area (Å²) in [5, 5.41) is 10.8. The Morgan fingerprint density at radius 1 is 0.812 bits per heavy atom.